The lowest BCUT2D eigenvalue weighted by molar-refractivity contribution is 0.371. The van der Waals surface area contributed by atoms with Crippen molar-refractivity contribution in [2.24, 2.45) is 0 Å². The van der Waals surface area contributed by atoms with Gasteiger partial charge >= 0.3 is 0 Å². The molecular weight excluding hydrogens is 557 g/mol. The summed E-state index contributed by atoms with van der Waals surface area (Å²) in [7, 11) is -3.45. The predicted molar refractivity (Wildman–Crippen MR) is 167 cm³/mol. The molecule has 0 atom stereocenters. The molecule has 3 aromatic rings. The highest BCUT2D eigenvalue weighted by Crippen LogP contribution is 2.24. The minimum atomic E-state index is -3.45. The molecule has 12 heteroatoms. The largest absolute Gasteiger partial charge is 0.383 e. The van der Waals surface area contributed by atoms with E-state index in [0.717, 1.165) is 37.7 Å². The van der Waals surface area contributed by atoms with E-state index in [0.29, 0.717) is 54.5 Å². The van der Waals surface area contributed by atoms with Gasteiger partial charge in [-0.15, -0.1) is 11.3 Å². The van der Waals surface area contributed by atoms with Crippen molar-refractivity contribution in [3.8, 4) is 0 Å². The number of nitrogen functional groups attached to an aromatic ring is 1. The van der Waals surface area contributed by atoms with E-state index in [2.05, 4.69) is 55.1 Å². The summed E-state index contributed by atoms with van der Waals surface area (Å²) in [6.07, 6.45) is 7.96. The number of sulfonamides is 1. The van der Waals surface area contributed by atoms with Gasteiger partial charge in [-0.2, -0.15) is 14.3 Å². The summed E-state index contributed by atoms with van der Waals surface area (Å²) in [4.78, 5) is 11.1. The van der Waals surface area contributed by atoms with Gasteiger partial charge < -0.3 is 26.6 Å². The van der Waals surface area contributed by atoms with Crippen molar-refractivity contribution in [3.05, 3.63) is 59.0 Å². The molecule has 1 aliphatic carbocycles. The Balaban J connectivity index is 1.04. The van der Waals surface area contributed by atoms with Crippen molar-refractivity contribution in [2.45, 2.75) is 61.9 Å². The van der Waals surface area contributed by atoms with E-state index < -0.39 is 10.0 Å². The highest BCUT2D eigenvalue weighted by molar-refractivity contribution is 7.91. The van der Waals surface area contributed by atoms with Crippen LogP contribution >= 0.6 is 11.3 Å². The molecule has 3 heterocycles. The number of aromatic nitrogens is 2. The topological polar surface area (TPSA) is 129 Å². The molecule has 5 rings (SSSR count). The zero-order valence-corrected chi connectivity index (χ0v) is 25.2. The molecule has 0 unspecified atom stereocenters. The highest BCUT2D eigenvalue weighted by atomic mass is 32.2. The second-order valence-electron chi connectivity index (χ2n) is 10.8. The van der Waals surface area contributed by atoms with E-state index in [-0.39, 0.29) is 0 Å². The van der Waals surface area contributed by atoms with Gasteiger partial charge in [-0.1, -0.05) is 49.6 Å². The monoisotopic (exact) mass is 598 g/mol. The maximum Gasteiger partial charge on any atom is 0.252 e. The normalized spacial score (nSPS) is 17.1. The van der Waals surface area contributed by atoms with E-state index in [4.69, 9.17) is 5.73 Å². The Bertz CT molecular complexity index is 1320. The van der Waals surface area contributed by atoms with Gasteiger partial charge in [0.05, 0.1) is 0 Å². The number of thiophene rings is 1. The Hall–Kier alpha value is -2.77. The van der Waals surface area contributed by atoms with Crippen molar-refractivity contribution in [1.29, 1.82) is 0 Å². The van der Waals surface area contributed by atoms with E-state index in [9.17, 15) is 8.42 Å². The van der Waals surface area contributed by atoms with Crippen LogP contribution in [0, 0.1) is 0 Å². The minimum absolute atomic E-state index is 0.376. The fraction of sp³-hybridized carbons (Fsp3) is 0.517. The van der Waals surface area contributed by atoms with Crippen LogP contribution in [0.1, 0.15) is 49.7 Å². The van der Waals surface area contributed by atoms with Crippen molar-refractivity contribution in [2.75, 3.05) is 55.2 Å². The molecule has 0 spiro atoms. The van der Waals surface area contributed by atoms with Crippen molar-refractivity contribution < 1.29 is 8.42 Å². The van der Waals surface area contributed by atoms with Crippen LogP contribution in [-0.4, -0.2) is 68.0 Å². The SMILES string of the molecule is Nc1cc(N2CCN(S(=O)(=O)c3cccs3)CC2)nc(NCc2ccc(CNCCCNC3CCCCC3)cc2)n1. The van der Waals surface area contributed by atoms with Gasteiger partial charge in [0, 0.05) is 51.4 Å². The molecule has 222 valence electrons. The summed E-state index contributed by atoms with van der Waals surface area (Å²) in [5, 5.41) is 12.3. The molecule has 5 N–H and O–H groups in total. The number of anilines is 3. The molecular formula is C29H42N8O2S2. The summed E-state index contributed by atoms with van der Waals surface area (Å²) in [6, 6.07) is 14.4. The molecule has 0 amide bonds. The first-order valence-corrected chi connectivity index (χ1v) is 17.0. The quantitative estimate of drug-likeness (QED) is 0.218. The standard InChI is InChI=1S/C29H42N8O2S2/c30-26-20-27(36-15-17-37(18-16-36)41(38,39)28-8-4-19-40-28)35-29(34-26)33-22-24-11-9-23(10-12-24)21-31-13-5-14-32-25-6-2-1-3-7-25/h4,8-12,19-20,25,31-32H,1-3,5-7,13-18,21-22H2,(H3,30,33,34,35). The summed E-state index contributed by atoms with van der Waals surface area (Å²) < 4.78 is 27.6. The van der Waals surface area contributed by atoms with Crippen LogP contribution in [0.2, 0.25) is 0 Å². The average molecular weight is 599 g/mol. The maximum absolute atomic E-state index is 12.8. The number of nitrogens with two attached hydrogens (primary N) is 1. The van der Waals surface area contributed by atoms with Gasteiger partial charge in [0.1, 0.15) is 15.8 Å². The number of nitrogens with one attached hydrogen (secondary N) is 3. The zero-order chi connectivity index (χ0) is 28.5. The van der Waals surface area contributed by atoms with Gasteiger partial charge in [0.2, 0.25) is 5.95 Å². The number of piperazine rings is 1. The molecule has 2 fully saturated rings. The van der Waals surface area contributed by atoms with E-state index >= 15 is 0 Å². The maximum atomic E-state index is 12.8. The van der Waals surface area contributed by atoms with Crippen LogP contribution in [0.4, 0.5) is 17.6 Å². The Morgan fingerprint density at radius 2 is 1.66 bits per heavy atom. The number of nitrogens with zero attached hydrogens (tertiary/aromatic N) is 4. The van der Waals surface area contributed by atoms with Gasteiger partial charge in [0.25, 0.3) is 10.0 Å². The van der Waals surface area contributed by atoms with Gasteiger partial charge in [-0.05, 0) is 54.9 Å². The first-order valence-electron chi connectivity index (χ1n) is 14.7. The summed E-state index contributed by atoms with van der Waals surface area (Å²) >= 11 is 1.24. The van der Waals surface area contributed by atoms with Crippen molar-refractivity contribution >= 4 is 38.9 Å². The molecule has 41 heavy (non-hydrogen) atoms. The lowest BCUT2D eigenvalue weighted by atomic mass is 9.95. The summed E-state index contributed by atoms with van der Waals surface area (Å²) in [5.74, 6) is 1.53. The molecule has 1 saturated heterocycles. The van der Waals surface area contributed by atoms with E-state index in [1.54, 1.807) is 23.6 Å². The van der Waals surface area contributed by atoms with Crippen LogP contribution in [0.15, 0.2) is 52.1 Å². The Morgan fingerprint density at radius 1 is 0.927 bits per heavy atom. The molecule has 1 saturated carbocycles. The van der Waals surface area contributed by atoms with Crippen LogP contribution in [0.5, 0.6) is 0 Å². The van der Waals surface area contributed by atoms with E-state index in [1.807, 2.05) is 0 Å². The second kappa shape index (κ2) is 14.4. The minimum Gasteiger partial charge on any atom is -0.383 e. The summed E-state index contributed by atoms with van der Waals surface area (Å²) in [5.41, 5.74) is 8.49. The number of hydrogen-bond acceptors (Lipinski definition) is 10. The Labute approximate surface area is 247 Å². The molecule has 1 aliphatic heterocycles. The number of rotatable bonds is 13. The molecule has 2 aromatic heterocycles. The summed E-state index contributed by atoms with van der Waals surface area (Å²) in [6.45, 7) is 5.40. The van der Waals surface area contributed by atoms with Crippen LogP contribution in [-0.2, 0) is 23.1 Å². The van der Waals surface area contributed by atoms with Gasteiger partial charge in [0.15, 0.2) is 0 Å². The fourth-order valence-electron chi connectivity index (χ4n) is 5.40. The highest BCUT2D eigenvalue weighted by Gasteiger charge is 2.29. The molecule has 0 radical (unpaired) electrons. The second-order valence-corrected chi connectivity index (χ2v) is 13.9. The Morgan fingerprint density at radius 3 is 2.37 bits per heavy atom. The van der Waals surface area contributed by atoms with Crippen LogP contribution in [0.25, 0.3) is 0 Å². The van der Waals surface area contributed by atoms with E-state index in [1.165, 1.54) is 53.3 Å². The first-order chi connectivity index (χ1) is 20.0. The lowest BCUT2D eigenvalue weighted by Crippen LogP contribution is -2.48. The smallest absolute Gasteiger partial charge is 0.252 e. The van der Waals surface area contributed by atoms with Crippen molar-refractivity contribution in [1.82, 2.24) is 24.9 Å². The third-order valence-electron chi connectivity index (χ3n) is 7.76. The first kappa shape index (κ1) is 29.7. The third-order valence-corrected chi connectivity index (χ3v) is 11.0. The van der Waals surface area contributed by atoms with Crippen LogP contribution < -0.4 is 26.6 Å². The zero-order valence-electron chi connectivity index (χ0n) is 23.6. The molecule has 1 aromatic carbocycles. The predicted octanol–water partition coefficient (Wildman–Crippen LogP) is 3.65. The number of hydrogen-bond donors (Lipinski definition) is 4. The number of benzene rings is 1. The lowest BCUT2D eigenvalue weighted by Gasteiger charge is -2.34. The van der Waals surface area contributed by atoms with Crippen molar-refractivity contribution in [3.63, 3.8) is 0 Å². The average Bonchev–Trinajstić information content (AvgIpc) is 3.55. The molecule has 0 bridgehead atoms. The third kappa shape index (κ3) is 8.39. The fourth-order valence-corrected chi connectivity index (χ4v) is 7.97. The molecule has 2 aliphatic rings. The molecule has 10 nitrogen and oxygen atoms in total. The van der Waals surface area contributed by atoms with Gasteiger partial charge in [-0.25, -0.2) is 8.42 Å². The van der Waals surface area contributed by atoms with Gasteiger partial charge in [-0.3, -0.25) is 0 Å². The Kier molecular flexibility index (Phi) is 10.4. The van der Waals surface area contributed by atoms with Crippen LogP contribution in [0.3, 0.4) is 0 Å².